The number of nitrogens with one attached hydrogen (secondary N) is 1. The van der Waals surface area contributed by atoms with Crippen LogP contribution in [0.4, 0.5) is 0 Å². The third-order valence-corrected chi connectivity index (χ3v) is 7.41. The van der Waals surface area contributed by atoms with Crippen molar-refractivity contribution in [2.45, 2.75) is 23.8 Å². The van der Waals surface area contributed by atoms with Gasteiger partial charge < -0.3 is 10.1 Å². The molecule has 3 aromatic rings. The molecule has 1 heterocycles. The zero-order chi connectivity index (χ0) is 22.4. The van der Waals surface area contributed by atoms with Gasteiger partial charge in [-0.2, -0.15) is 4.31 Å². The van der Waals surface area contributed by atoms with Gasteiger partial charge in [-0.15, -0.1) is 0 Å². The number of benzene rings is 3. The van der Waals surface area contributed by atoms with Gasteiger partial charge in [-0.05, 0) is 36.6 Å². The highest BCUT2D eigenvalue weighted by Crippen LogP contribution is 2.29. The Morgan fingerprint density at radius 3 is 2.34 bits per heavy atom. The molecule has 0 bridgehead atoms. The number of para-hydroxylation sites is 1. The molecule has 1 N–H and O–H groups in total. The predicted molar refractivity (Wildman–Crippen MR) is 124 cm³/mol. The summed E-state index contributed by atoms with van der Waals surface area (Å²) < 4.78 is 33.1. The Hall–Kier alpha value is -3.16. The van der Waals surface area contributed by atoms with Gasteiger partial charge in [0.1, 0.15) is 18.4 Å². The van der Waals surface area contributed by atoms with Crippen LogP contribution < -0.4 is 10.1 Å². The summed E-state index contributed by atoms with van der Waals surface area (Å²) in [4.78, 5) is 13.0. The van der Waals surface area contributed by atoms with E-state index in [0.717, 1.165) is 16.9 Å². The molecule has 166 valence electrons. The summed E-state index contributed by atoms with van der Waals surface area (Å²) in [5.74, 6) is 0.448. The van der Waals surface area contributed by atoms with Crippen LogP contribution in [-0.2, 0) is 14.8 Å². The average molecular weight is 451 g/mol. The van der Waals surface area contributed by atoms with Crippen molar-refractivity contribution >= 4 is 15.9 Å². The fraction of sp³-hybridized carbons (Fsp3) is 0.240. The Balaban J connectivity index is 1.35. The lowest BCUT2D eigenvalue weighted by Gasteiger charge is -2.23. The molecule has 1 amide bonds. The zero-order valence-electron chi connectivity index (χ0n) is 17.7. The Morgan fingerprint density at radius 1 is 0.938 bits per heavy atom. The maximum absolute atomic E-state index is 13.0. The van der Waals surface area contributed by atoms with Crippen molar-refractivity contribution in [3.05, 3.63) is 84.9 Å². The second-order valence-electron chi connectivity index (χ2n) is 7.59. The van der Waals surface area contributed by atoms with Gasteiger partial charge in [0.2, 0.25) is 15.9 Å². The molecule has 0 aromatic heterocycles. The van der Waals surface area contributed by atoms with Crippen molar-refractivity contribution in [1.29, 1.82) is 0 Å². The molecular formula is C25H26N2O4S. The van der Waals surface area contributed by atoms with Crippen molar-refractivity contribution < 1.29 is 17.9 Å². The summed E-state index contributed by atoms with van der Waals surface area (Å²) in [5.41, 5.74) is 2.04. The third-order valence-electron chi connectivity index (χ3n) is 5.49. The smallest absolute Gasteiger partial charge is 0.243 e. The molecule has 0 spiro atoms. The van der Waals surface area contributed by atoms with Crippen molar-refractivity contribution in [3.8, 4) is 16.9 Å². The largest absolute Gasteiger partial charge is 0.491 e. The molecule has 1 atom stereocenters. The van der Waals surface area contributed by atoms with Crippen LogP contribution in [-0.4, -0.2) is 44.4 Å². The van der Waals surface area contributed by atoms with Gasteiger partial charge in [0.15, 0.2) is 0 Å². The number of carbonyl (C=O) groups is 1. The molecule has 1 saturated heterocycles. The van der Waals surface area contributed by atoms with Crippen molar-refractivity contribution in [2.75, 3.05) is 19.7 Å². The fourth-order valence-electron chi connectivity index (χ4n) is 3.92. The van der Waals surface area contributed by atoms with Crippen molar-refractivity contribution in [2.24, 2.45) is 0 Å². The average Bonchev–Trinajstić information content (AvgIpc) is 3.34. The Labute approximate surface area is 188 Å². The van der Waals surface area contributed by atoms with Crippen molar-refractivity contribution in [1.82, 2.24) is 9.62 Å². The molecule has 0 radical (unpaired) electrons. The number of hydrogen-bond acceptors (Lipinski definition) is 4. The molecule has 0 aliphatic carbocycles. The van der Waals surface area contributed by atoms with E-state index in [2.05, 4.69) is 5.32 Å². The van der Waals surface area contributed by atoms with E-state index in [4.69, 9.17) is 4.74 Å². The van der Waals surface area contributed by atoms with E-state index in [1.165, 1.54) is 4.31 Å². The highest BCUT2D eigenvalue weighted by Gasteiger charge is 2.39. The van der Waals surface area contributed by atoms with Crippen LogP contribution in [0.3, 0.4) is 0 Å². The lowest BCUT2D eigenvalue weighted by Crippen LogP contribution is -2.46. The fourth-order valence-corrected chi connectivity index (χ4v) is 5.60. The molecule has 7 heteroatoms. The van der Waals surface area contributed by atoms with Crippen LogP contribution in [0.1, 0.15) is 12.8 Å². The Bertz CT molecular complexity index is 1150. The SMILES string of the molecule is O=C(NCCOc1ccccc1-c1ccccc1)C1CCCN1S(=O)(=O)c1ccccc1. The molecule has 0 saturated carbocycles. The van der Waals surface area contributed by atoms with E-state index < -0.39 is 16.1 Å². The number of ether oxygens (including phenoxy) is 1. The number of hydrogen-bond donors (Lipinski definition) is 1. The van der Waals surface area contributed by atoms with Crippen LogP contribution in [0.15, 0.2) is 89.8 Å². The van der Waals surface area contributed by atoms with E-state index >= 15 is 0 Å². The summed E-state index contributed by atoms with van der Waals surface area (Å²) >= 11 is 0. The highest BCUT2D eigenvalue weighted by atomic mass is 32.2. The molecule has 1 aliphatic heterocycles. The number of amides is 1. The summed E-state index contributed by atoms with van der Waals surface area (Å²) in [6.45, 7) is 0.918. The second-order valence-corrected chi connectivity index (χ2v) is 9.48. The van der Waals surface area contributed by atoms with E-state index in [0.29, 0.717) is 19.4 Å². The number of carbonyl (C=O) groups excluding carboxylic acids is 1. The van der Waals surface area contributed by atoms with E-state index in [1.54, 1.807) is 30.3 Å². The topological polar surface area (TPSA) is 75.7 Å². The Morgan fingerprint density at radius 2 is 1.59 bits per heavy atom. The first-order valence-corrected chi connectivity index (χ1v) is 12.1. The molecule has 32 heavy (non-hydrogen) atoms. The lowest BCUT2D eigenvalue weighted by molar-refractivity contribution is -0.124. The van der Waals surface area contributed by atoms with Crippen LogP contribution >= 0.6 is 0 Å². The monoisotopic (exact) mass is 450 g/mol. The minimum atomic E-state index is -3.70. The number of sulfonamides is 1. The minimum Gasteiger partial charge on any atom is -0.491 e. The van der Waals surface area contributed by atoms with Crippen LogP contribution in [0.2, 0.25) is 0 Å². The maximum atomic E-state index is 13.0. The van der Waals surface area contributed by atoms with Gasteiger partial charge >= 0.3 is 0 Å². The van der Waals surface area contributed by atoms with Gasteiger partial charge in [-0.3, -0.25) is 4.79 Å². The summed E-state index contributed by atoms with van der Waals surface area (Å²) in [7, 11) is -3.70. The van der Waals surface area contributed by atoms with E-state index in [9.17, 15) is 13.2 Å². The van der Waals surface area contributed by atoms with Crippen LogP contribution in [0.5, 0.6) is 5.75 Å². The lowest BCUT2D eigenvalue weighted by atomic mass is 10.1. The maximum Gasteiger partial charge on any atom is 0.243 e. The first kappa shape index (κ1) is 22.0. The number of rotatable bonds is 8. The summed E-state index contributed by atoms with van der Waals surface area (Å²) in [6, 6.07) is 25.3. The summed E-state index contributed by atoms with van der Waals surface area (Å²) in [6.07, 6.45) is 1.17. The molecule has 6 nitrogen and oxygen atoms in total. The van der Waals surface area contributed by atoms with Crippen LogP contribution in [0.25, 0.3) is 11.1 Å². The predicted octanol–water partition coefficient (Wildman–Crippen LogP) is 3.70. The molecule has 1 aliphatic rings. The molecule has 4 rings (SSSR count). The van der Waals surface area contributed by atoms with Gasteiger partial charge in [-0.25, -0.2) is 8.42 Å². The second kappa shape index (κ2) is 9.97. The molecule has 3 aromatic carbocycles. The third kappa shape index (κ3) is 4.84. The Kier molecular flexibility index (Phi) is 6.87. The quantitative estimate of drug-likeness (QED) is 0.531. The van der Waals surface area contributed by atoms with Gasteiger partial charge in [0.25, 0.3) is 0 Å². The normalized spacial score (nSPS) is 16.6. The highest BCUT2D eigenvalue weighted by molar-refractivity contribution is 7.89. The zero-order valence-corrected chi connectivity index (χ0v) is 18.5. The molecule has 1 fully saturated rings. The number of nitrogens with zero attached hydrogens (tertiary/aromatic N) is 1. The van der Waals surface area contributed by atoms with Crippen LogP contribution in [0, 0.1) is 0 Å². The van der Waals surface area contributed by atoms with E-state index in [1.807, 2.05) is 54.6 Å². The summed E-state index contributed by atoms with van der Waals surface area (Å²) in [5, 5.41) is 2.84. The molecule has 1 unspecified atom stereocenters. The van der Waals surface area contributed by atoms with Gasteiger partial charge in [0.05, 0.1) is 11.4 Å². The van der Waals surface area contributed by atoms with Gasteiger partial charge in [-0.1, -0.05) is 66.7 Å². The minimum absolute atomic E-state index is 0.209. The first-order chi connectivity index (χ1) is 15.6. The van der Waals surface area contributed by atoms with E-state index in [-0.39, 0.29) is 24.0 Å². The molecular weight excluding hydrogens is 424 g/mol. The van der Waals surface area contributed by atoms with Crippen molar-refractivity contribution in [3.63, 3.8) is 0 Å². The standard InChI is InChI=1S/C25H26N2O4S/c28-25(23-15-9-18-27(23)32(29,30)21-12-5-2-6-13-21)26-17-19-31-24-16-8-7-14-22(24)20-10-3-1-4-11-20/h1-8,10-14,16,23H,9,15,17-19H2,(H,26,28). The first-order valence-electron chi connectivity index (χ1n) is 10.7. The van der Waals surface area contributed by atoms with Gasteiger partial charge in [0, 0.05) is 12.1 Å².